The summed E-state index contributed by atoms with van der Waals surface area (Å²) in [5.74, 6) is 2.50. The number of fused-ring (bicyclic) bond motifs is 1. The molecule has 2 atom stereocenters. The summed E-state index contributed by atoms with van der Waals surface area (Å²) >= 11 is 0. The number of ether oxygens (including phenoxy) is 4. The van der Waals surface area contributed by atoms with Gasteiger partial charge < -0.3 is 24.3 Å². The summed E-state index contributed by atoms with van der Waals surface area (Å²) in [7, 11) is 1.61. The molecule has 25 heavy (non-hydrogen) atoms. The normalized spacial score (nSPS) is 16.6. The zero-order chi connectivity index (χ0) is 17.6. The molecule has 2 aromatic carbocycles. The van der Waals surface area contributed by atoms with Crippen LogP contribution in [0.25, 0.3) is 0 Å². The fraction of sp³-hybridized carbons (Fsp3) is 0.316. The second kappa shape index (κ2) is 7.79. The van der Waals surface area contributed by atoms with Crippen LogP contribution in [0.4, 0.5) is 0 Å². The molecular weight excluding hydrogens is 322 g/mol. The minimum Gasteiger partial charge on any atom is -0.497 e. The lowest BCUT2D eigenvalue weighted by Gasteiger charge is -2.26. The lowest BCUT2D eigenvalue weighted by Crippen LogP contribution is -2.48. The summed E-state index contributed by atoms with van der Waals surface area (Å²) in [6, 6.07) is 14.4. The Morgan fingerprint density at radius 1 is 1.16 bits per heavy atom. The molecule has 6 nitrogen and oxygen atoms in total. The Labute approximate surface area is 146 Å². The van der Waals surface area contributed by atoms with E-state index >= 15 is 0 Å². The lowest BCUT2D eigenvalue weighted by atomic mass is 10.2. The summed E-state index contributed by atoms with van der Waals surface area (Å²) in [5.41, 5.74) is 0. The van der Waals surface area contributed by atoms with Crippen molar-refractivity contribution in [3.8, 4) is 23.0 Å². The SMILES string of the molecule is COc1ccc(OC[C@@H](C)NC(=O)[C@@H]2COc3ccccc3O2)cc1. The first-order valence-electron chi connectivity index (χ1n) is 8.11. The molecule has 1 aliphatic rings. The van der Waals surface area contributed by atoms with Gasteiger partial charge in [-0.3, -0.25) is 4.79 Å². The third-order valence-electron chi connectivity index (χ3n) is 3.75. The monoisotopic (exact) mass is 343 g/mol. The van der Waals surface area contributed by atoms with Crippen molar-refractivity contribution in [2.24, 2.45) is 0 Å². The standard InChI is InChI=1S/C19H21NO5/c1-13(11-23-15-9-7-14(22-2)8-10-15)20-19(21)18-12-24-16-5-3-4-6-17(16)25-18/h3-10,13,18H,11-12H2,1-2H3,(H,20,21)/t13-,18+/m1/s1. The summed E-state index contributed by atoms with van der Waals surface area (Å²) < 4.78 is 22.0. The van der Waals surface area contributed by atoms with Gasteiger partial charge in [0.05, 0.1) is 13.2 Å². The van der Waals surface area contributed by atoms with Crippen LogP contribution < -0.4 is 24.3 Å². The van der Waals surface area contributed by atoms with Crippen LogP contribution in [0.5, 0.6) is 23.0 Å². The van der Waals surface area contributed by atoms with Gasteiger partial charge in [-0.25, -0.2) is 0 Å². The highest BCUT2D eigenvalue weighted by atomic mass is 16.6. The van der Waals surface area contributed by atoms with Crippen LogP contribution >= 0.6 is 0 Å². The average Bonchev–Trinajstić information content (AvgIpc) is 2.66. The second-order valence-corrected chi connectivity index (χ2v) is 5.76. The quantitative estimate of drug-likeness (QED) is 0.873. The van der Waals surface area contributed by atoms with E-state index in [1.807, 2.05) is 49.4 Å². The number of rotatable bonds is 6. The Balaban J connectivity index is 1.47. The van der Waals surface area contributed by atoms with Crippen LogP contribution in [-0.2, 0) is 4.79 Å². The Bertz CT molecular complexity index is 716. The number of methoxy groups -OCH3 is 1. The zero-order valence-electron chi connectivity index (χ0n) is 14.2. The number of benzene rings is 2. The van der Waals surface area contributed by atoms with Gasteiger partial charge in [-0.2, -0.15) is 0 Å². The summed E-state index contributed by atoms with van der Waals surface area (Å²) in [6.45, 7) is 2.41. The molecule has 2 aromatic rings. The van der Waals surface area contributed by atoms with Crippen LogP contribution in [0.15, 0.2) is 48.5 Å². The van der Waals surface area contributed by atoms with E-state index in [1.54, 1.807) is 13.2 Å². The van der Waals surface area contributed by atoms with Gasteiger partial charge in [0.25, 0.3) is 5.91 Å². The van der Waals surface area contributed by atoms with Crippen LogP contribution in [-0.4, -0.2) is 38.4 Å². The molecule has 0 aliphatic carbocycles. The maximum Gasteiger partial charge on any atom is 0.265 e. The molecule has 0 bridgehead atoms. The van der Waals surface area contributed by atoms with Crippen molar-refractivity contribution in [1.82, 2.24) is 5.32 Å². The van der Waals surface area contributed by atoms with E-state index < -0.39 is 6.10 Å². The summed E-state index contributed by atoms with van der Waals surface area (Å²) in [6.07, 6.45) is -0.668. The van der Waals surface area contributed by atoms with E-state index in [0.717, 1.165) is 5.75 Å². The molecule has 6 heteroatoms. The predicted octanol–water partition coefficient (Wildman–Crippen LogP) is 2.42. The molecule has 1 amide bonds. The summed E-state index contributed by atoms with van der Waals surface area (Å²) in [4.78, 5) is 12.3. The van der Waals surface area contributed by atoms with Crippen LogP contribution in [0.1, 0.15) is 6.92 Å². The molecule has 0 saturated carbocycles. The number of amides is 1. The van der Waals surface area contributed by atoms with Gasteiger partial charge >= 0.3 is 0 Å². The van der Waals surface area contributed by atoms with Gasteiger partial charge in [0.1, 0.15) is 24.7 Å². The topological polar surface area (TPSA) is 66.0 Å². The van der Waals surface area contributed by atoms with Crippen LogP contribution in [0.2, 0.25) is 0 Å². The number of hydrogen-bond donors (Lipinski definition) is 1. The van der Waals surface area contributed by atoms with Gasteiger partial charge in [0, 0.05) is 0 Å². The number of hydrogen-bond acceptors (Lipinski definition) is 5. The van der Waals surface area contributed by atoms with E-state index in [0.29, 0.717) is 23.9 Å². The Morgan fingerprint density at radius 3 is 2.56 bits per heavy atom. The second-order valence-electron chi connectivity index (χ2n) is 5.76. The van der Waals surface area contributed by atoms with Crippen LogP contribution in [0.3, 0.4) is 0 Å². The maximum absolute atomic E-state index is 12.3. The molecule has 0 aromatic heterocycles. The van der Waals surface area contributed by atoms with Gasteiger partial charge in [0.15, 0.2) is 11.5 Å². The highest BCUT2D eigenvalue weighted by Crippen LogP contribution is 2.30. The van der Waals surface area contributed by atoms with Crippen molar-refractivity contribution >= 4 is 5.91 Å². The minimum absolute atomic E-state index is 0.171. The largest absolute Gasteiger partial charge is 0.497 e. The minimum atomic E-state index is -0.668. The summed E-state index contributed by atoms with van der Waals surface area (Å²) in [5, 5.41) is 2.88. The van der Waals surface area contributed by atoms with Crippen LogP contribution in [0, 0.1) is 0 Å². The molecule has 1 heterocycles. The highest BCUT2D eigenvalue weighted by molar-refractivity contribution is 5.82. The number of carbonyl (C=O) groups excluding carboxylic acids is 1. The Kier molecular flexibility index (Phi) is 5.28. The molecule has 0 spiro atoms. The first-order valence-corrected chi connectivity index (χ1v) is 8.11. The van der Waals surface area contributed by atoms with Crippen molar-refractivity contribution in [2.45, 2.75) is 19.1 Å². The first-order chi connectivity index (χ1) is 12.2. The molecule has 132 valence electrons. The van der Waals surface area contributed by atoms with Crippen molar-refractivity contribution < 1.29 is 23.7 Å². The van der Waals surface area contributed by atoms with E-state index in [4.69, 9.17) is 18.9 Å². The van der Waals surface area contributed by atoms with E-state index in [1.165, 1.54) is 0 Å². The maximum atomic E-state index is 12.3. The lowest BCUT2D eigenvalue weighted by molar-refractivity contribution is -0.131. The van der Waals surface area contributed by atoms with Crippen molar-refractivity contribution in [3.05, 3.63) is 48.5 Å². The zero-order valence-corrected chi connectivity index (χ0v) is 14.2. The fourth-order valence-electron chi connectivity index (χ4n) is 2.42. The third kappa shape index (κ3) is 4.35. The van der Waals surface area contributed by atoms with E-state index in [-0.39, 0.29) is 18.6 Å². The van der Waals surface area contributed by atoms with E-state index in [9.17, 15) is 4.79 Å². The van der Waals surface area contributed by atoms with Crippen molar-refractivity contribution in [2.75, 3.05) is 20.3 Å². The molecule has 0 unspecified atom stereocenters. The number of para-hydroxylation sites is 2. The molecule has 0 saturated heterocycles. The molecular formula is C19H21NO5. The van der Waals surface area contributed by atoms with Gasteiger partial charge in [-0.1, -0.05) is 12.1 Å². The first kappa shape index (κ1) is 17.0. The average molecular weight is 343 g/mol. The smallest absolute Gasteiger partial charge is 0.265 e. The highest BCUT2D eigenvalue weighted by Gasteiger charge is 2.28. The van der Waals surface area contributed by atoms with Gasteiger partial charge in [-0.05, 0) is 43.3 Å². The van der Waals surface area contributed by atoms with Crippen molar-refractivity contribution in [1.29, 1.82) is 0 Å². The van der Waals surface area contributed by atoms with Crippen molar-refractivity contribution in [3.63, 3.8) is 0 Å². The molecule has 1 aliphatic heterocycles. The van der Waals surface area contributed by atoms with Gasteiger partial charge in [-0.15, -0.1) is 0 Å². The Hall–Kier alpha value is -2.89. The van der Waals surface area contributed by atoms with Gasteiger partial charge in [0.2, 0.25) is 6.10 Å². The molecule has 3 rings (SSSR count). The van der Waals surface area contributed by atoms with E-state index in [2.05, 4.69) is 5.32 Å². The third-order valence-corrected chi connectivity index (χ3v) is 3.75. The molecule has 0 radical (unpaired) electrons. The fourth-order valence-corrected chi connectivity index (χ4v) is 2.42. The number of carbonyl (C=O) groups is 1. The molecule has 0 fully saturated rings. The Morgan fingerprint density at radius 2 is 1.84 bits per heavy atom. The predicted molar refractivity (Wildman–Crippen MR) is 92.4 cm³/mol. The number of nitrogens with one attached hydrogen (secondary N) is 1. The molecule has 1 N–H and O–H groups in total.